The van der Waals surface area contributed by atoms with E-state index in [9.17, 15) is 0 Å². The molecule has 12 aromatic carbocycles. The number of fused-ring (bicyclic) bond motifs is 23. The van der Waals surface area contributed by atoms with Crippen LogP contribution in [-0.2, 0) is 10.8 Å². The van der Waals surface area contributed by atoms with E-state index >= 15 is 0 Å². The van der Waals surface area contributed by atoms with Crippen molar-refractivity contribution in [1.82, 2.24) is 0 Å². The maximum atomic E-state index is 7.34. The van der Waals surface area contributed by atoms with Gasteiger partial charge in [-0.25, -0.2) is 0 Å². The fourth-order valence-electron chi connectivity index (χ4n) is 13.6. The van der Waals surface area contributed by atoms with E-state index in [1.165, 1.54) is 77.9 Å². The number of benzene rings is 12. The average Bonchev–Trinajstić information content (AvgIpc) is 4.03. The Morgan fingerprint density at radius 3 is 1.08 bits per heavy atom. The fraction of sp³-hybridized carbons (Fsp3) is 0.0286. The first-order valence-electron chi connectivity index (χ1n) is 25.1. The monoisotopic (exact) mass is 913 g/mol. The first-order valence-corrected chi connectivity index (χ1v) is 25.1. The molecule has 0 aromatic heterocycles. The van der Waals surface area contributed by atoms with Crippen molar-refractivity contribution in [2.45, 2.75) is 10.8 Å². The molecule has 4 aliphatic rings. The molecule has 1 heterocycles. The normalized spacial score (nSPS) is 14.2. The lowest BCUT2D eigenvalue weighted by Crippen LogP contribution is -2.32. The van der Waals surface area contributed by atoms with Gasteiger partial charge in [0.2, 0.25) is 0 Å². The van der Waals surface area contributed by atoms with Crippen LogP contribution in [0, 0.1) is 0 Å². The summed E-state index contributed by atoms with van der Waals surface area (Å²) in [5, 5.41) is 4.53. The summed E-state index contributed by atoms with van der Waals surface area (Å²) in [6.07, 6.45) is 0. The van der Waals surface area contributed by atoms with Gasteiger partial charge in [-0.1, -0.05) is 224 Å². The predicted molar refractivity (Wildman–Crippen MR) is 295 cm³/mol. The summed E-state index contributed by atoms with van der Waals surface area (Å²) < 4.78 is 7.34. The third-order valence-corrected chi connectivity index (χ3v) is 16.5. The quantitative estimate of drug-likeness (QED) is 0.174. The van der Waals surface area contributed by atoms with Gasteiger partial charge in [0.25, 0.3) is 0 Å². The van der Waals surface area contributed by atoms with Crippen molar-refractivity contribution in [3.05, 3.63) is 305 Å². The van der Waals surface area contributed by atoms with Crippen molar-refractivity contribution < 1.29 is 4.74 Å². The Bertz CT molecular complexity index is 4110. The first kappa shape index (κ1) is 39.6. The SMILES string of the molecule is c1ccc(-c2ccc(N(c3ccc4c(c3)C3(c5ccccc5-c5ccccc53)c3ccccc3-4)c3ccc4c(c3)C3(c5ccccc5-4)c4ccc5ccccc5c4Oc4c3ccc3ccccc43)cc2)cc1. The molecular formula is C70H43NO. The smallest absolute Gasteiger partial charge is 0.140 e. The maximum absolute atomic E-state index is 7.34. The minimum absolute atomic E-state index is 0.483. The second kappa shape index (κ2) is 14.6. The molecule has 2 nitrogen and oxygen atoms in total. The van der Waals surface area contributed by atoms with Crippen LogP contribution in [0.1, 0.15) is 44.5 Å². The Balaban J connectivity index is 0.979. The van der Waals surface area contributed by atoms with Crippen molar-refractivity contribution in [2.24, 2.45) is 0 Å². The van der Waals surface area contributed by atoms with E-state index in [0.29, 0.717) is 0 Å². The number of hydrogen-bond acceptors (Lipinski definition) is 2. The molecule has 2 heteroatoms. The highest BCUT2D eigenvalue weighted by atomic mass is 16.5. The van der Waals surface area contributed by atoms with Crippen LogP contribution < -0.4 is 9.64 Å². The summed E-state index contributed by atoms with van der Waals surface area (Å²) in [6, 6.07) is 97.2. The van der Waals surface area contributed by atoms with Gasteiger partial charge in [-0.05, 0) is 125 Å². The minimum Gasteiger partial charge on any atom is -0.455 e. The second-order valence-corrected chi connectivity index (χ2v) is 19.8. The zero-order chi connectivity index (χ0) is 47.1. The topological polar surface area (TPSA) is 12.5 Å². The van der Waals surface area contributed by atoms with Gasteiger partial charge in [0.1, 0.15) is 11.5 Å². The van der Waals surface area contributed by atoms with E-state index < -0.39 is 10.8 Å². The zero-order valence-electron chi connectivity index (χ0n) is 39.2. The molecule has 0 bridgehead atoms. The maximum Gasteiger partial charge on any atom is 0.140 e. The van der Waals surface area contributed by atoms with Gasteiger partial charge in [-0.2, -0.15) is 0 Å². The molecule has 0 amide bonds. The van der Waals surface area contributed by atoms with Crippen LogP contribution in [-0.4, -0.2) is 0 Å². The standard InChI is InChI=1S/C70H43NO/c1-2-16-44(17-3-1)45-30-34-48(35-31-45)71(49-36-38-57-55-24-10-14-28-61(55)69(65(57)42-49)59-26-12-8-22-53(59)54-23-9-13-27-60(54)69)50-37-39-58-56-25-11-15-29-62(56)70(66(58)43-50)63-40-32-46-18-4-6-20-51(46)67(63)72-68-52-21-7-5-19-47(52)33-41-64(68)70/h1-43H. The van der Waals surface area contributed by atoms with E-state index in [1.54, 1.807) is 0 Å². The fourth-order valence-corrected chi connectivity index (χ4v) is 13.6. The van der Waals surface area contributed by atoms with Crippen LogP contribution >= 0.6 is 0 Å². The van der Waals surface area contributed by atoms with Gasteiger partial charge in [-0.15, -0.1) is 0 Å². The van der Waals surface area contributed by atoms with Gasteiger partial charge in [0.05, 0.1) is 10.8 Å². The number of ether oxygens (including phenoxy) is 1. The van der Waals surface area contributed by atoms with Gasteiger partial charge in [0.15, 0.2) is 0 Å². The van der Waals surface area contributed by atoms with Crippen LogP contribution in [0.2, 0.25) is 0 Å². The highest BCUT2D eigenvalue weighted by Gasteiger charge is 2.53. The summed E-state index contributed by atoms with van der Waals surface area (Å²) in [4.78, 5) is 2.50. The van der Waals surface area contributed by atoms with E-state index in [2.05, 4.69) is 266 Å². The summed E-state index contributed by atoms with van der Waals surface area (Å²) in [7, 11) is 0. The van der Waals surface area contributed by atoms with Crippen molar-refractivity contribution in [3.8, 4) is 56.0 Å². The van der Waals surface area contributed by atoms with Crippen LogP contribution in [0.15, 0.2) is 261 Å². The number of anilines is 3. The highest BCUT2D eigenvalue weighted by molar-refractivity contribution is 6.01. The molecule has 16 rings (SSSR count). The predicted octanol–water partition coefficient (Wildman–Crippen LogP) is 17.9. The van der Waals surface area contributed by atoms with Crippen LogP contribution in [0.4, 0.5) is 17.1 Å². The summed E-state index contributed by atoms with van der Waals surface area (Å²) in [6.45, 7) is 0. The Morgan fingerprint density at radius 2 is 0.611 bits per heavy atom. The zero-order valence-corrected chi connectivity index (χ0v) is 39.2. The summed E-state index contributed by atoms with van der Waals surface area (Å²) >= 11 is 0. The Morgan fingerprint density at radius 1 is 0.250 bits per heavy atom. The van der Waals surface area contributed by atoms with Gasteiger partial charge < -0.3 is 9.64 Å². The van der Waals surface area contributed by atoms with Gasteiger partial charge in [0, 0.05) is 39.0 Å². The molecule has 0 unspecified atom stereocenters. The van der Waals surface area contributed by atoms with E-state index in [1.807, 2.05) is 0 Å². The number of hydrogen-bond donors (Lipinski definition) is 0. The largest absolute Gasteiger partial charge is 0.455 e. The Labute approximate surface area is 418 Å². The molecule has 3 aliphatic carbocycles. The molecule has 72 heavy (non-hydrogen) atoms. The lowest BCUT2D eigenvalue weighted by molar-refractivity contribution is 0.447. The van der Waals surface area contributed by atoms with E-state index in [0.717, 1.165) is 61.2 Å². The van der Waals surface area contributed by atoms with Crippen molar-refractivity contribution in [2.75, 3.05) is 4.90 Å². The molecule has 0 atom stereocenters. The van der Waals surface area contributed by atoms with E-state index in [4.69, 9.17) is 4.74 Å². The van der Waals surface area contributed by atoms with Crippen LogP contribution in [0.5, 0.6) is 11.5 Å². The van der Waals surface area contributed by atoms with Crippen LogP contribution in [0.25, 0.3) is 66.1 Å². The third-order valence-electron chi connectivity index (χ3n) is 16.5. The van der Waals surface area contributed by atoms with Crippen LogP contribution in [0.3, 0.4) is 0 Å². The molecule has 334 valence electrons. The number of nitrogens with zero attached hydrogens (tertiary/aromatic N) is 1. The van der Waals surface area contributed by atoms with Crippen molar-refractivity contribution in [1.29, 1.82) is 0 Å². The molecular weight excluding hydrogens is 871 g/mol. The second-order valence-electron chi connectivity index (χ2n) is 19.8. The lowest BCUT2D eigenvalue weighted by atomic mass is 9.65. The highest BCUT2D eigenvalue weighted by Crippen LogP contribution is 2.66. The molecule has 0 saturated carbocycles. The first-order chi connectivity index (χ1) is 35.7. The molecule has 0 radical (unpaired) electrons. The van der Waals surface area contributed by atoms with E-state index in [-0.39, 0.29) is 0 Å². The molecule has 0 saturated heterocycles. The summed E-state index contributed by atoms with van der Waals surface area (Å²) in [5.41, 5.74) is 22.2. The molecule has 1 aliphatic heterocycles. The third kappa shape index (κ3) is 5.08. The molecule has 0 fully saturated rings. The average molecular weight is 914 g/mol. The van der Waals surface area contributed by atoms with Gasteiger partial charge >= 0.3 is 0 Å². The minimum atomic E-state index is -0.692. The molecule has 0 N–H and O–H groups in total. The number of rotatable bonds is 4. The lowest BCUT2D eigenvalue weighted by Gasteiger charge is -2.40. The summed E-state index contributed by atoms with van der Waals surface area (Å²) in [5.74, 6) is 1.83. The molecule has 2 spiro atoms. The molecule has 12 aromatic rings. The Hall–Kier alpha value is -9.24. The van der Waals surface area contributed by atoms with Crippen molar-refractivity contribution in [3.63, 3.8) is 0 Å². The van der Waals surface area contributed by atoms with Crippen molar-refractivity contribution >= 4 is 38.6 Å². The van der Waals surface area contributed by atoms with Gasteiger partial charge in [-0.3, -0.25) is 0 Å². The Kier molecular flexibility index (Phi) is 8.05.